The Morgan fingerprint density at radius 2 is 1.86 bits per heavy atom. The number of nitrogens with zero attached hydrogens (tertiary/aromatic N) is 1. The molecule has 3 aromatic rings. The van der Waals surface area contributed by atoms with Crippen molar-refractivity contribution in [1.82, 2.24) is 9.88 Å². The van der Waals surface area contributed by atoms with Crippen LogP contribution >= 0.6 is 0 Å². The number of benzene rings is 2. The van der Waals surface area contributed by atoms with Crippen LogP contribution in [0.25, 0.3) is 10.9 Å². The fourth-order valence-electron chi connectivity index (χ4n) is 3.81. The monoisotopic (exact) mass is 376 g/mol. The first-order chi connectivity index (χ1) is 13.4. The summed E-state index contributed by atoms with van der Waals surface area (Å²) in [6.07, 6.45) is 0.00765. The van der Waals surface area contributed by atoms with Crippen LogP contribution in [-0.4, -0.2) is 34.4 Å². The van der Waals surface area contributed by atoms with Gasteiger partial charge in [-0.05, 0) is 62.1 Å². The van der Waals surface area contributed by atoms with Gasteiger partial charge in [-0.2, -0.15) is 0 Å². The van der Waals surface area contributed by atoms with Gasteiger partial charge in [0.15, 0.2) is 6.10 Å². The number of nitrogens with one attached hydrogen (secondary N) is 1. The maximum atomic E-state index is 12.8. The van der Waals surface area contributed by atoms with E-state index in [2.05, 4.69) is 11.1 Å². The van der Waals surface area contributed by atoms with Gasteiger partial charge in [-0.3, -0.25) is 4.79 Å². The molecule has 1 aliphatic rings. The SMILES string of the molecule is Cc1[nH]c2ccc(C(=O)O[C@@H](C)C(=O)N3CCc4ccccc4C3)cc2c1C. The summed E-state index contributed by atoms with van der Waals surface area (Å²) >= 11 is 0. The number of aryl methyl sites for hydroxylation is 2. The number of aromatic nitrogens is 1. The molecule has 1 aliphatic heterocycles. The molecule has 5 heteroatoms. The molecule has 0 saturated heterocycles. The average Bonchev–Trinajstić information content (AvgIpc) is 3.00. The maximum absolute atomic E-state index is 12.8. The van der Waals surface area contributed by atoms with E-state index in [1.54, 1.807) is 17.9 Å². The highest BCUT2D eigenvalue weighted by Gasteiger charge is 2.27. The summed E-state index contributed by atoms with van der Waals surface area (Å²) in [7, 11) is 0. The minimum Gasteiger partial charge on any atom is -0.449 e. The van der Waals surface area contributed by atoms with Gasteiger partial charge in [0.05, 0.1) is 5.56 Å². The second kappa shape index (κ2) is 7.15. The molecule has 2 heterocycles. The molecule has 1 aromatic heterocycles. The van der Waals surface area contributed by atoms with Gasteiger partial charge in [0, 0.05) is 29.7 Å². The predicted molar refractivity (Wildman–Crippen MR) is 108 cm³/mol. The fraction of sp³-hybridized carbons (Fsp3) is 0.304. The van der Waals surface area contributed by atoms with E-state index in [0.717, 1.165) is 34.1 Å². The second-order valence-electron chi connectivity index (χ2n) is 7.46. The molecular formula is C23H24N2O3. The number of ether oxygens (including phenoxy) is 1. The first-order valence-electron chi connectivity index (χ1n) is 9.59. The summed E-state index contributed by atoms with van der Waals surface area (Å²) in [6.45, 7) is 6.87. The van der Waals surface area contributed by atoms with Crippen molar-refractivity contribution in [3.05, 3.63) is 70.4 Å². The van der Waals surface area contributed by atoms with Gasteiger partial charge >= 0.3 is 5.97 Å². The van der Waals surface area contributed by atoms with Crippen molar-refractivity contribution in [2.45, 2.75) is 39.8 Å². The van der Waals surface area contributed by atoms with Crippen LogP contribution in [0, 0.1) is 13.8 Å². The molecule has 0 aliphatic carbocycles. The Balaban J connectivity index is 1.46. The van der Waals surface area contributed by atoms with Crippen LogP contribution in [0.1, 0.15) is 39.7 Å². The quantitative estimate of drug-likeness (QED) is 0.705. The van der Waals surface area contributed by atoms with E-state index >= 15 is 0 Å². The Morgan fingerprint density at radius 1 is 1.11 bits per heavy atom. The number of fused-ring (bicyclic) bond motifs is 2. The number of carbonyl (C=O) groups is 2. The molecule has 1 amide bonds. The summed E-state index contributed by atoms with van der Waals surface area (Å²) in [5, 5.41) is 0.999. The van der Waals surface area contributed by atoms with Gasteiger partial charge in [0.1, 0.15) is 0 Å². The van der Waals surface area contributed by atoms with Crippen LogP contribution in [0.3, 0.4) is 0 Å². The number of rotatable bonds is 3. The number of hydrogen-bond acceptors (Lipinski definition) is 3. The molecule has 0 radical (unpaired) electrons. The highest BCUT2D eigenvalue weighted by molar-refractivity contribution is 5.97. The zero-order valence-electron chi connectivity index (χ0n) is 16.4. The van der Waals surface area contributed by atoms with Gasteiger partial charge in [-0.1, -0.05) is 24.3 Å². The summed E-state index contributed by atoms with van der Waals surface area (Å²) < 4.78 is 5.49. The van der Waals surface area contributed by atoms with Crippen LogP contribution < -0.4 is 0 Å². The molecule has 0 unspecified atom stereocenters. The Labute approximate surface area is 164 Å². The lowest BCUT2D eigenvalue weighted by molar-refractivity contribution is -0.140. The van der Waals surface area contributed by atoms with Crippen LogP contribution in [0.5, 0.6) is 0 Å². The summed E-state index contributed by atoms with van der Waals surface area (Å²) in [5.41, 5.74) is 6.07. The van der Waals surface area contributed by atoms with Gasteiger partial charge in [-0.15, -0.1) is 0 Å². The van der Waals surface area contributed by atoms with E-state index in [0.29, 0.717) is 18.7 Å². The minimum absolute atomic E-state index is 0.155. The summed E-state index contributed by atoms with van der Waals surface area (Å²) in [5.74, 6) is -0.629. The minimum atomic E-state index is -0.817. The molecule has 5 nitrogen and oxygen atoms in total. The predicted octanol–water partition coefficient (Wildman–Crippen LogP) is 3.91. The molecule has 0 bridgehead atoms. The van der Waals surface area contributed by atoms with Gasteiger partial charge in [0.25, 0.3) is 5.91 Å². The van der Waals surface area contributed by atoms with Crippen molar-refractivity contribution in [2.24, 2.45) is 0 Å². The molecule has 1 N–H and O–H groups in total. The molecule has 144 valence electrons. The third kappa shape index (κ3) is 3.28. The zero-order valence-corrected chi connectivity index (χ0v) is 16.4. The van der Waals surface area contributed by atoms with Gasteiger partial charge < -0.3 is 14.6 Å². The van der Waals surface area contributed by atoms with E-state index in [-0.39, 0.29) is 5.91 Å². The van der Waals surface area contributed by atoms with Crippen molar-refractivity contribution in [1.29, 1.82) is 0 Å². The molecule has 1 atom stereocenters. The summed E-state index contributed by atoms with van der Waals surface area (Å²) in [4.78, 5) is 30.4. The number of hydrogen-bond donors (Lipinski definition) is 1. The highest BCUT2D eigenvalue weighted by atomic mass is 16.5. The largest absolute Gasteiger partial charge is 0.449 e. The lowest BCUT2D eigenvalue weighted by Crippen LogP contribution is -2.42. The Hall–Kier alpha value is -3.08. The van der Waals surface area contributed by atoms with Crippen LogP contribution in [0.2, 0.25) is 0 Å². The van der Waals surface area contributed by atoms with Crippen LogP contribution in [-0.2, 0) is 22.5 Å². The number of H-pyrrole nitrogens is 1. The summed E-state index contributed by atoms with van der Waals surface area (Å²) in [6, 6.07) is 13.6. The normalized spacial score (nSPS) is 14.6. The van der Waals surface area contributed by atoms with Crippen LogP contribution in [0.4, 0.5) is 0 Å². The number of aromatic amines is 1. The van der Waals surface area contributed by atoms with E-state index in [9.17, 15) is 9.59 Å². The van der Waals surface area contributed by atoms with Crippen LogP contribution in [0.15, 0.2) is 42.5 Å². The Morgan fingerprint density at radius 3 is 2.64 bits per heavy atom. The van der Waals surface area contributed by atoms with E-state index in [4.69, 9.17) is 4.74 Å². The lowest BCUT2D eigenvalue weighted by Gasteiger charge is -2.30. The Bertz CT molecular complexity index is 1070. The van der Waals surface area contributed by atoms with Crippen molar-refractivity contribution in [2.75, 3.05) is 6.54 Å². The van der Waals surface area contributed by atoms with Gasteiger partial charge in [0.2, 0.25) is 0 Å². The first-order valence-corrected chi connectivity index (χ1v) is 9.59. The second-order valence-corrected chi connectivity index (χ2v) is 7.46. The number of esters is 1. The smallest absolute Gasteiger partial charge is 0.338 e. The maximum Gasteiger partial charge on any atom is 0.338 e. The van der Waals surface area contributed by atoms with E-state index in [1.807, 2.05) is 44.2 Å². The van der Waals surface area contributed by atoms with Crippen molar-refractivity contribution < 1.29 is 14.3 Å². The molecule has 0 saturated carbocycles. The third-order valence-electron chi connectivity index (χ3n) is 5.62. The topological polar surface area (TPSA) is 62.4 Å². The standard InChI is InChI=1S/C23H24N2O3/c1-14-15(2)24-21-9-8-18(12-20(14)21)23(27)28-16(3)22(26)25-11-10-17-6-4-5-7-19(17)13-25/h4-9,12,16,24H,10-11,13H2,1-3H3/t16-/m0/s1. The molecule has 0 spiro atoms. The molecule has 0 fully saturated rings. The highest BCUT2D eigenvalue weighted by Crippen LogP contribution is 2.23. The number of carbonyl (C=O) groups excluding carboxylic acids is 2. The van der Waals surface area contributed by atoms with E-state index < -0.39 is 12.1 Å². The molecule has 28 heavy (non-hydrogen) atoms. The average molecular weight is 376 g/mol. The lowest BCUT2D eigenvalue weighted by atomic mass is 9.99. The van der Waals surface area contributed by atoms with Crippen molar-refractivity contribution in [3.8, 4) is 0 Å². The van der Waals surface area contributed by atoms with Crippen molar-refractivity contribution in [3.63, 3.8) is 0 Å². The zero-order chi connectivity index (χ0) is 19.8. The molecular weight excluding hydrogens is 352 g/mol. The fourth-order valence-corrected chi connectivity index (χ4v) is 3.81. The van der Waals surface area contributed by atoms with Crippen molar-refractivity contribution >= 4 is 22.8 Å². The Kier molecular flexibility index (Phi) is 4.67. The van der Waals surface area contributed by atoms with E-state index in [1.165, 1.54) is 5.56 Å². The number of amides is 1. The first kappa shape index (κ1) is 18.3. The molecule has 4 rings (SSSR count). The molecule has 2 aromatic carbocycles. The third-order valence-corrected chi connectivity index (χ3v) is 5.62. The van der Waals surface area contributed by atoms with Gasteiger partial charge in [-0.25, -0.2) is 4.79 Å².